The lowest BCUT2D eigenvalue weighted by molar-refractivity contribution is -0.122. The minimum atomic E-state index is -0.574. The lowest BCUT2D eigenvalue weighted by atomic mass is 10.1. The highest BCUT2D eigenvalue weighted by Crippen LogP contribution is 2.13. The highest BCUT2D eigenvalue weighted by molar-refractivity contribution is 5.97. The predicted molar refractivity (Wildman–Crippen MR) is 69.3 cm³/mol. The van der Waals surface area contributed by atoms with Crippen LogP contribution in [0.25, 0.3) is 0 Å². The zero-order valence-corrected chi connectivity index (χ0v) is 10.8. The number of halogens is 1. The highest BCUT2D eigenvalue weighted by Gasteiger charge is 2.24. The summed E-state index contributed by atoms with van der Waals surface area (Å²) in [5, 5.41) is 5.33. The molecular weight excluding hydrogens is 247 g/mol. The Morgan fingerprint density at radius 2 is 2.21 bits per heavy atom. The van der Waals surface area contributed by atoms with Crippen LogP contribution in [-0.4, -0.2) is 24.4 Å². The molecule has 1 heterocycles. The summed E-state index contributed by atoms with van der Waals surface area (Å²) in [4.78, 5) is 23.7. The molecule has 4 nitrogen and oxygen atoms in total. The first-order valence-electron chi connectivity index (χ1n) is 6.43. The number of hydrogen-bond donors (Lipinski definition) is 2. The third-order valence-electron chi connectivity index (χ3n) is 3.28. The van der Waals surface area contributed by atoms with E-state index in [1.807, 2.05) is 0 Å². The standard InChI is InChI=1S/C14H17FN2O2/c1-9-5-4-6-10(12(9)15)13(18)17-11-7-2-3-8-16-14(11)19/h4-6,11H,2-3,7-8H2,1H3,(H,16,19)(H,17,18). The summed E-state index contributed by atoms with van der Waals surface area (Å²) in [6.07, 6.45) is 2.35. The summed E-state index contributed by atoms with van der Waals surface area (Å²) < 4.78 is 13.8. The number of aryl methyl sites for hydroxylation is 1. The molecule has 2 N–H and O–H groups in total. The Morgan fingerprint density at radius 1 is 1.42 bits per heavy atom. The normalized spacial score (nSPS) is 19.5. The van der Waals surface area contributed by atoms with Gasteiger partial charge in [0.2, 0.25) is 5.91 Å². The van der Waals surface area contributed by atoms with Crippen molar-refractivity contribution >= 4 is 11.8 Å². The van der Waals surface area contributed by atoms with E-state index in [-0.39, 0.29) is 11.5 Å². The summed E-state index contributed by atoms with van der Waals surface area (Å²) in [7, 11) is 0. The Labute approximate surface area is 111 Å². The van der Waals surface area contributed by atoms with Crippen molar-refractivity contribution in [3.05, 3.63) is 35.1 Å². The number of rotatable bonds is 2. The van der Waals surface area contributed by atoms with Crippen molar-refractivity contribution in [2.75, 3.05) is 6.54 Å². The fourth-order valence-corrected chi connectivity index (χ4v) is 2.14. The van der Waals surface area contributed by atoms with Crippen molar-refractivity contribution in [1.29, 1.82) is 0 Å². The molecule has 0 aromatic heterocycles. The van der Waals surface area contributed by atoms with Crippen LogP contribution in [0.2, 0.25) is 0 Å². The Kier molecular flexibility index (Phi) is 4.14. The van der Waals surface area contributed by atoms with E-state index >= 15 is 0 Å². The van der Waals surface area contributed by atoms with Crippen LogP contribution in [0.15, 0.2) is 18.2 Å². The summed E-state index contributed by atoms with van der Waals surface area (Å²) in [5.74, 6) is -1.27. The lowest BCUT2D eigenvalue weighted by Crippen LogP contribution is -2.45. The zero-order valence-electron chi connectivity index (χ0n) is 10.8. The van der Waals surface area contributed by atoms with Gasteiger partial charge in [0.15, 0.2) is 0 Å². The van der Waals surface area contributed by atoms with Crippen LogP contribution in [0.1, 0.15) is 35.2 Å². The van der Waals surface area contributed by atoms with E-state index in [0.29, 0.717) is 18.5 Å². The number of nitrogens with one attached hydrogen (secondary N) is 2. The number of carbonyl (C=O) groups excluding carboxylic acids is 2. The van der Waals surface area contributed by atoms with Crippen LogP contribution in [0, 0.1) is 12.7 Å². The second-order valence-electron chi connectivity index (χ2n) is 4.75. The summed E-state index contributed by atoms with van der Waals surface area (Å²) in [5.41, 5.74) is 0.398. The molecule has 0 saturated carbocycles. The molecule has 2 rings (SSSR count). The van der Waals surface area contributed by atoms with Crippen molar-refractivity contribution in [3.63, 3.8) is 0 Å². The largest absolute Gasteiger partial charge is 0.354 e. The topological polar surface area (TPSA) is 58.2 Å². The quantitative estimate of drug-likeness (QED) is 0.851. The molecule has 102 valence electrons. The van der Waals surface area contributed by atoms with Crippen LogP contribution in [0.5, 0.6) is 0 Å². The molecule has 2 amide bonds. The molecule has 0 radical (unpaired) electrons. The monoisotopic (exact) mass is 264 g/mol. The van der Waals surface area contributed by atoms with Crippen molar-refractivity contribution in [2.45, 2.75) is 32.2 Å². The van der Waals surface area contributed by atoms with Crippen molar-refractivity contribution in [2.24, 2.45) is 0 Å². The first-order valence-corrected chi connectivity index (χ1v) is 6.43. The number of amides is 2. The second-order valence-corrected chi connectivity index (χ2v) is 4.75. The van der Waals surface area contributed by atoms with Gasteiger partial charge in [0.1, 0.15) is 11.9 Å². The van der Waals surface area contributed by atoms with Crippen molar-refractivity contribution in [1.82, 2.24) is 10.6 Å². The SMILES string of the molecule is Cc1cccc(C(=O)NC2CCCCNC2=O)c1F. The maximum Gasteiger partial charge on any atom is 0.254 e. The molecule has 5 heteroatoms. The minimum absolute atomic E-state index is 0.0166. The fraction of sp³-hybridized carbons (Fsp3) is 0.429. The van der Waals surface area contributed by atoms with Gasteiger partial charge >= 0.3 is 0 Å². The van der Waals surface area contributed by atoms with Gasteiger partial charge in [-0.3, -0.25) is 9.59 Å². The molecule has 1 unspecified atom stereocenters. The van der Waals surface area contributed by atoms with Gasteiger partial charge in [0.05, 0.1) is 5.56 Å². The van der Waals surface area contributed by atoms with Crippen molar-refractivity contribution < 1.29 is 14.0 Å². The van der Waals surface area contributed by atoms with Crippen molar-refractivity contribution in [3.8, 4) is 0 Å². The first-order chi connectivity index (χ1) is 9.09. The molecule has 0 spiro atoms. The molecule has 0 aliphatic carbocycles. The maximum absolute atomic E-state index is 13.8. The van der Waals surface area contributed by atoms with Crippen LogP contribution in [-0.2, 0) is 4.79 Å². The Balaban J connectivity index is 2.12. The molecule has 0 bridgehead atoms. The molecule has 1 atom stereocenters. The number of hydrogen-bond acceptors (Lipinski definition) is 2. The van der Waals surface area contributed by atoms with Crippen LogP contribution in [0.4, 0.5) is 4.39 Å². The maximum atomic E-state index is 13.8. The zero-order chi connectivity index (χ0) is 13.8. The molecule has 1 aromatic rings. The smallest absolute Gasteiger partial charge is 0.254 e. The van der Waals surface area contributed by atoms with Gasteiger partial charge in [-0.1, -0.05) is 12.1 Å². The van der Waals surface area contributed by atoms with Crippen LogP contribution in [0.3, 0.4) is 0 Å². The molecular formula is C14H17FN2O2. The van der Waals surface area contributed by atoms with E-state index in [4.69, 9.17) is 0 Å². The molecule has 1 aromatic carbocycles. The van der Waals surface area contributed by atoms with Crippen LogP contribution >= 0.6 is 0 Å². The Bertz CT molecular complexity index is 502. The lowest BCUT2D eigenvalue weighted by Gasteiger charge is -2.15. The second kappa shape index (κ2) is 5.82. The van der Waals surface area contributed by atoms with E-state index in [2.05, 4.69) is 10.6 Å². The summed E-state index contributed by atoms with van der Waals surface area (Å²) >= 11 is 0. The molecule has 19 heavy (non-hydrogen) atoms. The fourth-order valence-electron chi connectivity index (χ4n) is 2.14. The van der Waals surface area contributed by atoms with Gasteiger partial charge in [0.25, 0.3) is 5.91 Å². The number of carbonyl (C=O) groups is 2. The van der Waals surface area contributed by atoms with E-state index in [9.17, 15) is 14.0 Å². The van der Waals surface area contributed by atoms with Gasteiger partial charge in [-0.15, -0.1) is 0 Å². The van der Waals surface area contributed by atoms with E-state index in [1.54, 1.807) is 19.1 Å². The Hall–Kier alpha value is -1.91. The number of benzene rings is 1. The first kappa shape index (κ1) is 13.5. The summed E-state index contributed by atoms with van der Waals surface area (Å²) in [6.45, 7) is 2.23. The Morgan fingerprint density at radius 3 is 3.00 bits per heavy atom. The third-order valence-corrected chi connectivity index (χ3v) is 3.28. The van der Waals surface area contributed by atoms with Crippen LogP contribution < -0.4 is 10.6 Å². The van der Waals surface area contributed by atoms with Gasteiger partial charge in [-0.2, -0.15) is 0 Å². The molecule has 1 saturated heterocycles. The summed E-state index contributed by atoms with van der Waals surface area (Å²) in [6, 6.07) is 4.08. The molecule has 1 fully saturated rings. The third kappa shape index (κ3) is 3.10. The van der Waals surface area contributed by atoms with Gasteiger partial charge in [0, 0.05) is 6.54 Å². The molecule has 1 aliphatic rings. The van der Waals surface area contributed by atoms with Gasteiger partial charge in [-0.25, -0.2) is 4.39 Å². The van der Waals surface area contributed by atoms with Gasteiger partial charge in [-0.05, 0) is 37.8 Å². The van der Waals surface area contributed by atoms with Gasteiger partial charge < -0.3 is 10.6 Å². The van der Waals surface area contributed by atoms with E-state index < -0.39 is 17.8 Å². The average molecular weight is 264 g/mol. The average Bonchev–Trinajstić information content (AvgIpc) is 2.58. The van der Waals surface area contributed by atoms with E-state index in [0.717, 1.165) is 12.8 Å². The predicted octanol–water partition coefficient (Wildman–Crippen LogP) is 1.53. The highest BCUT2D eigenvalue weighted by atomic mass is 19.1. The van der Waals surface area contributed by atoms with E-state index in [1.165, 1.54) is 6.07 Å². The molecule has 1 aliphatic heterocycles. The minimum Gasteiger partial charge on any atom is -0.354 e.